The van der Waals surface area contributed by atoms with Crippen LogP contribution in [0, 0.1) is 6.92 Å². The molecule has 288 valence electrons. The van der Waals surface area contributed by atoms with E-state index in [9.17, 15) is 24.0 Å². The number of ether oxygens (including phenoxy) is 1. The van der Waals surface area contributed by atoms with Gasteiger partial charge in [-0.1, -0.05) is 57.7 Å². The van der Waals surface area contributed by atoms with E-state index in [0.29, 0.717) is 54.2 Å². The average Bonchev–Trinajstić information content (AvgIpc) is 3.13. The molecule has 0 radical (unpaired) electrons. The van der Waals surface area contributed by atoms with Crippen LogP contribution in [0.4, 0.5) is 16.2 Å². The Balaban J connectivity index is 1.37. The first-order valence-electron chi connectivity index (χ1n) is 18.4. The zero-order valence-electron chi connectivity index (χ0n) is 33.0. The second-order valence-electron chi connectivity index (χ2n) is 15.9. The number of anilines is 2. The zero-order valence-corrected chi connectivity index (χ0v) is 33.0. The molecule has 11 heteroatoms. The van der Waals surface area contributed by atoms with Crippen molar-refractivity contribution in [1.29, 1.82) is 0 Å². The normalized spacial score (nSPS) is 13.2. The Morgan fingerprint density at radius 1 is 0.836 bits per heavy atom. The van der Waals surface area contributed by atoms with E-state index in [2.05, 4.69) is 38.0 Å². The van der Waals surface area contributed by atoms with Crippen molar-refractivity contribution < 1.29 is 23.9 Å². The number of carbonyl (C=O) groups excluding carboxylic acids is 4. The number of piperazine rings is 1. The van der Waals surface area contributed by atoms with Crippen molar-refractivity contribution in [3.05, 3.63) is 129 Å². The lowest BCUT2D eigenvalue weighted by Crippen LogP contribution is -2.51. The van der Waals surface area contributed by atoms with E-state index in [4.69, 9.17) is 4.74 Å². The van der Waals surface area contributed by atoms with E-state index in [-0.39, 0.29) is 34.8 Å². The molecule has 1 aliphatic rings. The number of pyridine rings is 1. The molecule has 11 nitrogen and oxygen atoms in total. The predicted molar refractivity (Wildman–Crippen MR) is 217 cm³/mol. The van der Waals surface area contributed by atoms with Crippen molar-refractivity contribution in [2.75, 3.05) is 36.8 Å². The first-order valence-corrected chi connectivity index (χ1v) is 18.4. The summed E-state index contributed by atoms with van der Waals surface area (Å²) in [7, 11) is 1.69. The van der Waals surface area contributed by atoms with E-state index in [0.717, 1.165) is 28.3 Å². The van der Waals surface area contributed by atoms with Crippen LogP contribution in [0.2, 0.25) is 0 Å². The largest absolute Gasteiger partial charge is 0.444 e. The average molecular weight is 746 g/mol. The van der Waals surface area contributed by atoms with Crippen LogP contribution in [-0.2, 0) is 28.4 Å². The molecule has 55 heavy (non-hydrogen) atoms. The molecule has 1 aromatic heterocycles. The summed E-state index contributed by atoms with van der Waals surface area (Å²) >= 11 is 0. The quantitative estimate of drug-likeness (QED) is 0.182. The van der Waals surface area contributed by atoms with Crippen LogP contribution in [0.25, 0.3) is 11.1 Å². The molecule has 0 bridgehead atoms. The second-order valence-corrected chi connectivity index (χ2v) is 15.9. The molecule has 5 rings (SSSR count). The Bertz CT molecular complexity index is 2180. The van der Waals surface area contributed by atoms with Gasteiger partial charge in [-0.05, 0) is 103 Å². The van der Waals surface area contributed by atoms with Gasteiger partial charge in [-0.2, -0.15) is 0 Å². The summed E-state index contributed by atoms with van der Waals surface area (Å²) in [5.41, 5.74) is 5.79. The van der Waals surface area contributed by atoms with Crippen LogP contribution in [0.3, 0.4) is 0 Å². The van der Waals surface area contributed by atoms with E-state index in [1.165, 1.54) is 4.57 Å². The van der Waals surface area contributed by atoms with Crippen molar-refractivity contribution >= 4 is 35.2 Å². The highest BCUT2D eigenvalue weighted by atomic mass is 16.6. The number of aromatic nitrogens is 1. The minimum Gasteiger partial charge on any atom is -0.444 e. The van der Waals surface area contributed by atoms with Crippen LogP contribution >= 0.6 is 0 Å². The molecule has 0 atom stereocenters. The second kappa shape index (κ2) is 16.2. The molecule has 2 N–H and O–H groups in total. The summed E-state index contributed by atoms with van der Waals surface area (Å²) in [5.74, 6) is -0.994. The number of rotatable bonds is 8. The Morgan fingerprint density at radius 3 is 2.11 bits per heavy atom. The Labute approximate surface area is 323 Å². The molecule has 0 spiro atoms. The van der Waals surface area contributed by atoms with Gasteiger partial charge in [-0.15, -0.1) is 0 Å². The minimum absolute atomic E-state index is 0.0239. The molecule has 0 aliphatic carbocycles. The summed E-state index contributed by atoms with van der Waals surface area (Å²) < 4.78 is 7.01. The molecule has 4 aromatic rings. The molecule has 1 aliphatic heterocycles. The number of amides is 4. The Morgan fingerprint density at radius 2 is 1.49 bits per heavy atom. The molecule has 0 saturated carbocycles. The van der Waals surface area contributed by atoms with Gasteiger partial charge >= 0.3 is 6.09 Å². The summed E-state index contributed by atoms with van der Waals surface area (Å²) in [5, 5.41) is 5.82. The number of hydrogen-bond donors (Lipinski definition) is 2. The van der Waals surface area contributed by atoms with Crippen LogP contribution < -0.4 is 16.2 Å². The lowest BCUT2D eigenvalue weighted by atomic mass is 9.86. The van der Waals surface area contributed by atoms with Crippen LogP contribution in [0.5, 0.6) is 0 Å². The predicted octanol–water partition coefficient (Wildman–Crippen LogP) is 7.32. The van der Waals surface area contributed by atoms with Gasteiger partial charge in [0.05, 0.1) is 11.3 Å². The topological polar surface area (TPSA) is 130 Å². The number of carbonyl (C=O) groups is 4. The van der Waals surface area contributed by atoms with Crippen molar-refractivity contribution in [2.24, 2.45) is 7.05 Å². The summed E-state index contributed by atoms with van der Waals surface area (Å²) in [6.45, 7) is 18.5. The third-order valence-electron chi connectivity index (χ3n) is 9.53. The standard InChI is InChI=1S/C44H51N5O6/c1-10-38(50)45-37-25-29(14-19-35(37)41(53)48-20-22-49(23-21-48)42(54)55-44(6,7)8)24-31-26-32(27-47(9)40(31)52)34-12-11-13-36(28(34)2)46-39(51)30-15-17-33(18-16-30)43(3,4)5/h10-19,25-27H,1,20-24H2,2-9H3,(H,45,50)(H,46,51). The molecular formula is C44H51N5O6. The highest BCUT2D eigenvalue weighted by Crippen LogP contribution is 2.30. The molecule has 1 saturated heterocycles. The highest BCUT2D eigenvalue weighted by molar-refractivity contribution is 6.07. The zero-order chi connectivity index (χ0) is 40.2. The van der Waals surface area contributed by atoms with Gasteiger partial charge in [0.25, 0.3) is 17.4 Å². The fourth-order valence-corrected chi connectivity index (χ4v) is 6.44. The van der Waals surface area contributed by atoms with E-state index >= 15 is 0 Å². The van der Waals surface area contributed by atoms with E-state index < -0.39 is 17.6 Å². The summed E-state index contributed by atoms with van der Waals surface area (Å²) in [6.07, 6.45) is 2.69. The minimum atomic E-state index is -0.626. The number of benzene rings is 3. The molecule has 1 fully saturated rings. The fourth-order valence-electron chi connectivity index (χ4n) is 6.44. The SMILES string of the molecule is C=CC(=O)Nc1cc(Cc2cc(-c3cccc(NC(=O)c4ccc(C(C)(C)C)cc4)c3C)cn(C)c2=O)ccc1C(=O)N1CCN(C(=O)OC(C)(C)C)CC1. The van der Waals surface area contributed by atoms with Gasteiger partial charge in [0.2, 0.25) is 5.91 Å². The summed E-state index contributed by atoms with van der Waals surface area (Å²) in [6, 6.07) is 20.3. The van der Waals surface area contributed by atoms with Gasteiger partial charge < -0.3 is 29.7 Å². The molecule has 0 unspecified atom stereocenters. The lowest BCUT2D eigenvalue weighted by molar-refractivity contribution is -0.111. The van der Waals surface area contributed by atoms with Crippen molar-refractivity contribution in [2.45, 2.75) is 65.9 Å². The third-order valence-corrected chi connectivity index (χ3v) is 9.53. The van der Waals surface area contributed by atoms with Gasteiger partial charge in [0, 0.05) is 62.7 Å². The number of nitrogens with one attached hydrogen (secondary N) is 2. The fraction of sp³-hybridized carbons (Fsp3) is 0.341. The van der Waals surface area contributed by atoms with Crippen LogP contribution in [0.15, 0.2) is 90.4 Å². The molecule has 4 amide bonds. The van der Waals surface area contributed by atoms with E-state index in [1.807, 2.05) is 55.5 Å². The maximum Gasteiger partial charge on any atom is 0.410 e. The Kier molecular flexibility index (Phi) is 11.8. The van der Waals surface area contributed by atoms with Gasteiger partial charge in [-0.25, -0.2) is 4.79 Å². The first kappa shape index (κ1) is 40.2. The number of hydrogen-bond acceptors (Lipinski definition) is 6. The van der Waals surface area contributed by atoms with Gasteiger partial charge in [-0.3, -0.25) is 19.2 Å². The summed E-state index contributed by atoms with van der Waals surface area (Å²) in [4.78, 5) is 68.7. The third kappa shape index (κ3) is 9.78. The number of nitrogens with zero attached hydrogens (tertiary/aromatic N) is 3. The van der Waals surface area contributed by atoms with Crippen LogP contribution in [-0.4, -0.2) is 70.0 Å². The Hall–Kier alpha value is -5.97. The van der Waals surface area contributed by atoms with Gasteiger partial charge in [0.15, 0.2) is 0 Å². The van der Waals surface area contributed by atoms with E-state index in [1.54, 1.807) is 62.0 Å². The van der Waals surface area contributed by atoms with Crippen molar-refractivity contribution in [1.82, 2.24) is 14.4 Å². The number of aryl methyl sites for hydroxylation is 1. The maximum atomic E-state index is 13.8. The smallest absolute Gasteiger partial charge is 0.410 e. The molecular weight excluding hydrogens is 695 g/mol. The van der Waals surface area contributed by atoms with Crippen molar-refractivity contribution in [3.8, 4) is 11.1 Å². The molecule has 2 heterocycles. The van der Waals surface area contributed by atoms with Gasteiger partial charge in [0.1, 0.15) is 5.60 Å². The first-order chi connectivity index (χ1) is 25.8. The maximum absolute atomic E-state index is 13.8. The van der Waals surface area contributed by atoms with Crippen LogP contribution in [0.1, 0.15) is 84.5 Å². The lowest BCUT2D eigenvalue weighted by Gasteiger charge is -2.35. The molecule has 3 aromatic carbocycles. The highest BCUT2D eigenvalue weighted by Gasteiger charge is 2.29. The monoisotopic (exact) mass is 745 g/mol. The van der Waals surface area contributed by atoms with Crippen molar-refractivity contribution in [3.63, 3.8) is 0 Å².